The average Bonchev–Trinajstić information content (AvgIpc) is 2.54. The van der Waals surface area contributed by atoms with E-state index in [2.05, 4.69) is 6.58 Å². The lowest BCUT2D eigenvalue weighted by atomic mass is 9.64. The van der Waals surface area contributed by atoms with Gasteiger partial charge in [-0.3, -0.25) is 9.59 Å². The van der Waals surface area contributed by atoms with Gasteiger partial charge in [0.15, 0.2) is 5.78 Å². The minimum Gasteiger partial charge on any atom is -0.428 e. The Morgan fingerprint density at radius 1 is 1.39 bits per heavy atom. The number of ether oxygens (including phenoxy) is 1. The van der Waals surface area contributed by atoms with Crippen LogP contribution in [0.4, 0.5) is 0 Å². The molecule has 0 amide bonds. The fraction of sp³-hybridized carbons (Fsp3) is 0.385. The summed E-state index contributed by atoms with van der Waals surface area (Å²) in [5, 5.41) is 20.2. The van der Waals surface area contributed by atoms with Crippen LogP contribution in [0.1, 0.15) is 6.92 Å². The Kier molecular flexibility index (Phi) is 2.96. The van der Waals surface area contributed by atoms with Gasteiger partial charge in [-0.1, -0.05) is 24.8 Å². The van der Waals surface area contributed by atoms with Gasteiger partial charge in [-0.05, 0) is 13.0 Å². The Bertz CT molecular complexity index is 476. The summed E-state index contributed by atoms with van der Waals surface area (Å²) in [6, 6.07) is 0. The molecule has 2 aliphatic rings. The molecule has 5 nitrogen and oxygen atoms in total. The molecule has 1 heterocycles. The van der Waals surface area contributed by atoms with Gasteiger partial charge in [-0.15, -0.1) is 0 Å². The van der Waals surface area contributed by atoms with Gasteiger partial charge in [0.25, 0.3) is 0 Å². The number of hydrogen-bond acceptors (Lipinski definition) is 5. The molecule has 0 bridgehead atoms. The summed E-state index contributed by atoms with van der Waals surface area (Å²) in [5.41, 5.74) is -1.71. The first-order valence-corrected chi connectivity index (χ1v) is 5.58. The molecule has 0 unspecified atom stereocenters. The first-order valence-electron chi connectivity index (χ1n) is 5.58. The van der Waals surface area contributed by atoms with Gasteiger partial charge in [0, 0.05) is 5.92 Å². The van der Waals surface area contributed by atoms with Crippen LogP contribution in [0, 0.1) is 11.3 Å². The van der Waals surface area contributed by atoms with Crippen LogP contribution in [0.3, 0.4) is 0 Å². The van der Waals surface area contributed by atoms with E-state index in [-0.39, 0.29) is 5.76 Å². The number of hydrogen-bond donors (Lipinski definition) is 2. The zero-order chi connectivity index (χ0) is 13.5. The number of aliphatic hydroxyl groups is 2. The molecule has 4 atom stereocenters. The first-order chi connectivity index (χ1) is 8.46. The molecule has 96 valence electrons. The highest BCUT2D eigenvalue weighted by molar-refractivity contribution is 6.01. The number of esters is 1. The molecule has 1 fully saturated rings. The number of allylic oxidation sites excluding steroid dienone is 3. The lowest BCUT2D eigenvalue weighted by Crippen LogP contribution is -2.56. The lowest BCUT2D eigenvalue weighted by Gasteiger charge is -2.38. The van der Waals surface area contributed by atoms with E-state index in [1.54, 1.807) is 19.1 Å². The van der Waals surface area contributed by atoms with Crippen molar-refractivity contribution in [3.63, 3.8) is 0 Å². The van der Waals surface area contributed by atoms with Crippen molar-refractivity contribution in [3.8, 4) is 0 Å². The van der Waals surface area contributed by atoms with Crippen LogP contribution in [0.2, 0.25) is 0 Å². The van der Waals surface area contributed by atoms with Crippen molar-refractivity contribution < 1.29 is 24.5 Å². The van der Waals surface area contributed by atoms with E-state index in [1.807, 2.05) is 0 Å². The second kappa shape index (κ2) is 4.19. The highest BCUT2D eigenvalue weighted by atomic mass is 16.6. The summed E-state index contributed by atoms with van der Waals surface area (Å²) in [6.07, 6.45) is 2.97. The minimum absolute atomic E-state index is 0.142. The van der Waals surface area contributed by atoms with Gasteiger partial charge in [0.2, 0.25) is 0 Å². The van der Waals surface area contributed by atoms with Crippen LogP contribution in [0.15, 0.2) is 36.6 Å². The fourth-order valence-corrected chi connectivity index (χ4v) is 2.52. The van der Waals surface area contributed by atoms with Crippen LogP contribution >= 0.6 is 0 Å². The van der Waals surface area contributed by atoms with E-state index in [4.69, 9.17) is 4.74 Å². The summed E-state index contributed by atoms with van der Waals surface area (Å²) in [6.45, 7) is 5.17. The number of cyclic esters (lactones) is 1. The molecule has 0 saturated carbocycles. The molecule has 0 radical (unpaired) electrons. The van der Waals surface area contributed by atoms with E-state index in [9.17, 15) is 19.8 Å². The van der Waals surface area contributed by atoms with Crippen molar-refractivity contribution in [1.82, 2.24) is 0 Å². The Morgan fingerprint density at radius 3 is 2.56 bits per heavy atom. The maximum Gasteiger partial charge on any atom is 0.324 e. The molecule has 2 rings (SSSR count). The van der Waals surface area contributed by atoms with Crippen LogP contribution < -0.4 is 0 Å². The largest absolute Gasteiger partial charge is 0.428 e. The minimum atomic E-state index is -1.71. The van der Waals surface area contributed by atoms with Gasteiger partial charge in [-0.2, -0.15) is 0 Å². The summed E-state index contributed by atoms with van der Waals surface area (Å²) in [5.74, 6) is -2.21. The number of rotatable bonds is 1. The first kappa shape index (κ1) is 12.7. The SMILES string of the molecule is C=C1OC(=O)[C@]2([C@@H](C=CC)C=CC(=O)[C@H]2O)[C@@H]1O. The Labute approximate surface area is 104 Å². The van der Waals surface area contributed by atoms with Crippen molar-refractivity contribution in [2.24, 2.45) is 11.3 Å². The Hall–Kier alpha value is -1.72. The highest BCUT2D eigenvalue weighted by Crippen LogP contribution is 2.48. The van der Waals surface area contributed by atoms with Gasteiger partial charge in [0.05, 0.1) is 0 Å². The molecule has 5 heteroatoms. The lowest BCUT2D eigenvalue weighted by molar-refractivity contribution is -0.162. The second-order valence-electron chi connectivity index (χ2n) is 4.41. The third-order valence-corrected chi connectivity index (χ3v) is 3.48. The molecule has 0 aromatic rings. The third kappa shape index (κ3) is 1.41. The van der Waals surface area contributed by atoms with Gasteiger partial charge >= 0.3 is 5.97 Å². The molecule has 0 aromatic heterocycles. The van der Waals surface area contributed by atoms with Gasteiger partial charge in [-0.25, -0.2) is 0 Å². The maximum atomic E-state index is 12.0. The number of carbonyl (C=O) groups is 2. The Morgan fingerprint density at radius 2 is 2.06 bits per heavy atom. The van der Waals surface area contributed by atoms with Crippen molar-refractivity contribution in [2.75, 3.05) is 0 Å². The van der Waals surface area contributed by atoms with Crippen molar-refractivity contribution in [2.45, 2.75) is 19.1 Å². The predicted molar refractivity (Wildman–Crippen MR) is 62.1 cm³/mol. The molecule has 1 saturated heterocycles. The van der Waals surface area contributed by atoms with Gasteiger partial charge in [0.1, 0.15) is 23.4 Å². The van der Waals surface area contributed by atoms with E-state index in [1.165, 1.54) is 12.2 Å². The number of aliphatic hydroxyl groups excluding tert-OH is 2. The van der Waals surface area contributed by atoms with Crippen LogP contribution in [0.25, 0.3) is 0 Å². The monoisotopic (exact) mass is 250 g/mol. The van der Waals surface area contributed by atoms with E-state index in [0.29, 0.717) is 0 Å². The fourth-order valence-electron chi connectivity index (χ4n) is 2.52. The van der Waals surface area contributed by atoms with Crippen molar-refractivity contribution in [3.05, 3.63) is 36.6 Å². The zero-order valence-electron chi connectivity index (χ0n) is 9.87. The molecular formula is C13H14O5. The maximum absolute atomic E-state index is 12.0. The van der Waals surface area contributed by atoms with Crippen LogP contribution in [-0.2, 0) is 14.3 Å². The van der Waals surface area contributed by atoms with Crippen molar-refractivity contribution >= 4 is 11.8 Å². The van der Waals surface area contributed by atoms with Crippen LogP contribution in [0.5, 0.6) is 0 Å². The summed E-state index contributed by atoms with van der Waals surface area (Å²) in [4.78, 5) is 23.6. The van der Waals surface area contributed by atoms with E-state index >= 15 is 0 Å². The predicted octanol–water partition coefficient (Wildman–Crippen LogP) is 0.0963. The average molecular weight is 250 g/mol. The molecule has 2 N–H and O–H groups in total. The molecule has 1 aliphatic carbocycles. The molecule has 0 aromatic carbocycles. The summed E-state index contributed by atoms with van der Waals surface area (Å²) < 4.78 is 4.80. The van der Waals surface area contributed by atoms with E-state index < -0.39 is 35.3 Å². The highest BCUT2D eigenvalue weighted by Gasteiger charge is 2.64. The number of carbonyl (C=O) groups excluding carboxylic acids is 2. The zero-order valence-corrected chi connectivity index (χ0v) is 9.87. The summed E-state index contributed by atoms with van der Waals surface area (Å²) in [7, 11) is 0. The molecule has 1 spiro atoms. The van der Waals surface area contributed by atoms with Crippen LogP contribution in [-0.4, -0.2) is 34.2 Å². The number of ketones is 1. The molecular weight excluding hydrogens is 236 g/mol. The molecule has 18 heavy (non-hydrogen) atoms. The smallest absolute Gasteiger partial charge is 0.324 e. The molecule has 1 aliphatic heterocycles. The Balaban J connectivity index is 2.62. The normalized spacial score (nSPS) is 39.9. The summed E-state index contributed by atoms with van der Waals surface area (Å²) >= 11 is 0. The quantitative estimate of drug-likeness (QED) is 0.509. The second-order valence-corrected chi connectivity index (χ2v) is 4.41. The van der Waals surface area contributed by atoms with Crippen molar-refractivity contribution in [1.29, 1.82) is 0 Å². The van der Waals surface area contributed by atoms with Gasteiger partial charge < -0.3 is 14.9 Å². The standard InChI is InChI=1S/C13H14O5/c1-3-4-8-5-6-9(14)11(16)13(8)10(15)7(2)18-12(13)17/h3-6,8,10-11,15-16H,2H2,1H3/t8-,10+,11+,13+/m0/s1. The topological polar surface area (TPSA) is 83.8 Å². The van der Waals surface area contributed by atoms with E-state index in [0.717, 1.165) is 0 Å². The third-order valence-electron chi connectivity index (χ3n) is 3.48.